The van der Waals surface area contributed by atoms with Gasteiger partial charge in [-0.25, -0.2) is 14.5 Å². The molecule has 100 valence electrons. The first-order valence-corrected chi connectivity index (χ1v) is 7.19. The molecule has 4 rings (SSSR count). The normalized spacial score (nSPS) is 11.8. The van der Waals surface area contributed by atoms with Gasteiger partial charge in [-0.2, -0.15) is 5.10 Å². The van der Waals surface area contributed by atoms with E-state index in [0.29, 0.717) is 16.5 Å². The molecule has 0 spiro atoms. The molecule has 0 aliphatic heterocycles. The van der Waals surface area contributed by atoms with Crippen LogP contribution in [-0.4, -0.2) is 29.4 Å². The molecule has 0 saturated carbocycles. The van der Waals surface area contributed by atoms with Gasteiger partial charge < -0.3 is 0 Å². The number of rotatable bonds is 1. The van der Waals surface area contributed by atoms with Crippen LogP contribution >= 0.6 is 22.9 Å². The monoisotopic (exact) mass is 304 g/mol. The molecule has 0 amide bonds. The third-order valence-electron chi connectivity index (χ3n) is 3.27. The molecule has 0 atom stereocenters. The van der Waals surface area contributed by atoms with Crippen LogP contribution in [0.3, 0.4) is 0 Å². The summed E-state index contributed by atoms with van der Waals surface area (Å²) in [4.78, 5) is 9.84. The van der Waals surface area contributed by atoms with Gasteiger partial charge in [0.25, 0.3) is 0 Å². The van der Waals surface area contributed by atoms with Crippen LogP contribution in [0.15, 0.2) is 17.8 Å². The Hall–Kier alpha value is -1.99. The van der Waals surface area contributed by atoms with Crippen molar-refractivity contribution in [3.63, 3.8) is 0 Å². The zero-order valence-corrected chi connectivity index (χ0v) is 12.3. The molecular weight excluding hydrogens is 296 g/mol. The number of thiophene rings is 1. The lowest BCUT2D eigenvalue weighted by Gasteiger charge is -1.90. The highest BCUT2D eigenvalue weighted by Crippen LogP contribution is 2.29. The van der Waals surface area contributed by atoms with Gasteiger partial charge in [-0.1, -0.05) is 11.6 Å². The molecule has 0 fully saturated rings. The molecule has 20 heavy (non-hydrogen) atoms. The van der Waals surface area contributed by atoms with Gasteiger partial charge in [0.1, 0.15) is 11.2 Å². The summed E-state index contributed by atoms with van der Waals surface area (Å²) in [6.07, 6.45) is 1.66. The lowest BCUT2D eigenvalue weighted by atomic mass is 10.3. The van der Waals surface area contributed by atoms with Gasteiger partial charge in [-0.15, -0.1) is 16.4 Å². The van der Waals surface area contributed by atoms with Gasteiger partial charge in [0.15, 0.2) is 11.3 Å². The van der Waals surface area contributed by atoms with E-state index in [1.54, 1.807) is 26.9 Å². The summed E-state index contributed by atoms with van der Waals surface area (Å²) in [6.45, 7) is 1.91. The molecule has 0 bridgehead atoms. The van der Waals surface area contributed by atoms with Crippen LogP contribution in [0.25, 0.3) is 27.4 Å². The van der Waals surface area contributed by atoms with Crippen LogP contribution in [0, 0.1) is 6.92 Å². The third kappa shape index (κ3) is 1.50. The Morgan fingerprint density at radius 1 is 1.30 bits per heavy atom. The summed E-state index contributed by atoms with van der Waals surface area (Å²) in [5, 5.41) is 12.3. The molecular formula is C12H9ClN6S. The van der Waals surface area contributed by atoms with E-state index in [1.807, 2.05) is 25.4 Å². The molecule has 0 aromatic carbocycles. The largest absolute Gasteiger partial charge is 0.271 e. The Balaban J connectivity index is 2.02. The first-order chi connectivity index (χ1) is 9.65. The van der Waals surface area contributed by atoms with E-state index in [2.05, 4.69) is 20.2 Å². The summed E-state index contributed by atoms with van der Waals surface area (Å²) in [5.74, 6) is 0.513. The smallest absolute Gasteiger partial charge is 0.204 e. The number of hydrogen-bond acceptors (Lipinski definition) is 5. The highest BCUT2D eigenvalue weighted by Gasteiger charge is 2.18. The van der Waals surface area contributed by atoms with Crippen molar-refractivity contribution in [3.05, 3.63) is 28.5 Å². The van der Waals surface area contributed by atoms with Gasteiger partial charge in [0, 0.05) is 7.05 Å². The van der Waals surface area contributed by atoms with Crippen molar-refractivity contribution < 1.29 is 0 Å². The predicted molar refractivity (Wildman–Crippen MR) is 78.1 cm³/mol. The summed E-state index contributed by atoms with van der Waals surface area (Å²) in [5.41, 5.74) is 2.25. The number of fused-ring (bicyclic) bond motifs is 3. The number of halogens is 1. The molecule has 0 unspecified atom stereocenters. The minimum Gasteiger partial charge on any atom is -0.271 e. The van der Waals surface area contributed by atoms with Crippen LogP contribution in [-0.2, 0) is 7.05 Å². The van der Waals surface area contributed by atoms with E-state index >= 15 is 0 Å². The number of hydrogen-bond donors (Lipinski definition) is 0. The van der Waals surface area contributed by atoms with E-state index in [0.717, 1.165) is 21.6 Å². The molecule has 6 nitrogen and oxygen atoms in total. The van der Waals surface area contributed by atoms with Crippen LogP contribution in [0.1, 0.15) is 5.69 Å². The fourth-order valence-electron chi connectivity index (χ4n) is 2.09. The summed E-state index contributed by atoms with van der Waals surface area (Å²) in [6, 6.07) is 1.99. The van der Waals surface area contributed by atoms with Gasteiger partial charge in [0.05, 0.1) is 16.1 Å². The van der Waals surface area contributed by atoms with Crippen molar-refractivity contribution in [2.45, 2.75) is 6.92 Å². The van der Waals surface area contributed by atoms with E-state index in [9.17, 15) is 0 Å². The minimum atomic E-state index is 0.513. The molecule has 0 radical (unpaired) electrons. The predicted octanol–water partition coefficient (Wildman–Crippen LogP) is 2.70. The summed E-state index contributed by atoms with van der Waals surface area (Å²) < 4.78 is 3.38. The van der Waals surface area contributed by atoms with E-state index in [-0.39, 0.29) is 0 Å². The standard InChI is InChI=1S/C12H9ClN6S/c1-6-8(13)9(16-18(6)2)10-15-11-7-3-4-20-12(7)14-5-19(11)17-10/h3-5H,1-2H3. The highest BCUT2D eigenvalue weighted by molar-refractivity contribution is 7.16. The van der Waals surface area contributed by atoms with Gasteiger partial charge in [-0.3, -0.25) is 4.68 Å². The molecule has 8 heteroatoms. The lowest BCUT2D eigenvalue weighted by Crippen LogP contribution is -1.92. The quantitative estimate of drug-likeness (QED) is 0.542. The second kappa shape index (κ2) is 4.00. The average molecular weight is 305 g/mol. The second-order valence-electron chi connectivity index (χ2n) is 4.46. The Labute approximate surface area is 122 Å². The topological polar surface area (TPSA) is 60.9 Å². The molecule has 0 N–H and O–H groups in total. The maximum Gasteiger partial charge on any atom is 0.204 e. The fraction of sp³-hybridized carbons (Fsp3) is 0.167. The zero-order valence-electron chi connectivity index (χ0n) is 10.7. The number of aromatic nitrogens is 6. The summed E-state index contributed by atoms with van der Waals surface area (Å²) >= 11 is 7.87. The Morgan fingerprint density at radius 2 is 2.15 bits per heavy atom. The minimum absolute atomic E-state index is 0.513. The van der Waals surface area contributed by atoms with Crippen molar-refractivity contribution in [2.24, 2.45) is 7.05 Å². The first-order valence-electron chi connectivity index (χ1n) is 5.93. The van der Waals surface area contributed by atoms with Gasteiger partial charge in [0.2, 0.25) is 5.82 Å². The van der Waals surface area contributed by atoms with Crippen LogP contribution < -0.4 is 0 Å². The van der Waals surface area contributed by atoms with Crippen molar-refractivity contribution in [3.8, 4) is 11.5 Å². The maximum absolute atomic E-state index is 6.29. The van der Waals surface area contributed by atoms with Crippen molar-refractivity contribution in [1.29, 1.82) is 0 Å². The Bertz CT molecular complexity index is 950. The average Bonchev–Trinajstić information content (AvgIpc) is 3.11. The van der Waals surface area contributed by atoms with Gasteiger partial charge in [-0.05, 0) is 18.4 Å². The lowest BCUT2D eigenvalue weighted by molar-refractivity contribution is 0.741. The Morgan fingerprint density at radius 3 is 2.90 bits per heavy atom. The van der Waals surface area contributed by atoms with E-state index < -0.39 is 0 Å². The molecule has 4 heterocycles. The van der Waals surface area contributed by atoms with E-state index in [4.69, 9.17) is 11.6 Å². The van der Waals surface area contributed by atoms with Crippen molar-refractivity contribution in [1.82, 2.24) is 29.4 Å². The first kappa shape index (κ1) is 11.8. The molecule has 0 aliphatic rings. The highest BCUT2D eigenvalue weighted by atomic mass is 35.5. The zero-order chi connectivity index (χ0) is 13.9. The molecule has 4 aromatic heterocycles. The summed E-state index contributed by atoms with van der Waals surface area (Å²) in [7, 11) is 1.85. The number of nitrogens with zero attached hydrogens (tertiary/aromatic N) is 6. The fourth-order valence-corrected chi connectivity index (χ4v) is 3.06. The van der Waals surface area contributed by atoms with E-state index in [1.165, 1.54) is 0 Å². The van der Waals surface area contributed by atoms with Crippen LogP contribution in [0.4, 0.5) is 0 Å². The maximum atomic E-state index is 6.29. The Kier molecular flexibility index (Phi) is 2.36. The SMILES string of the molecule is Cc1c(Cl)c(-c2nc3c4ccsc4ncn3n2)nn1C. The second-order valence-corrected chi connectivity index (χ2v) is 5.73. The third-order valence-corrected chi connectivity index (χ3v) is 4.55. The van der Waals surface area contributed by atoms with Crippen molar-refractivity contribution >= 4 is 38.8 Å². The molecule has 0 aliphatic carbocycles. The molecule has 0 saturated heterocycles. The van der Waals surface area contributed by atoms with Gasteiger partial charge >= 0.3 is 0 Å². The molecule has 4 aromatic rings. The number of aryl methyl sites for hydroxylation is 1. The van der Waals surface area contributed by atoms with Crippen molar-refractivity contribution in [2.75, 3.05) is 0 Å². The van der Waals surface area contributed by atoms with Crippen LogP contribution in [0.2, 0.25) is 5.02 Å². The van der Waals surface area contributed by atoms with Crippen LogP contribution in [0.5, 0.6) is 0 Å².